The molecule has 26 heavy (non-hydrogen) atoms. The number of unbranched alkanes of at least 4 members (excludes halogenated alkanes) is 1. The average Bonchev–Trinajstić information content (AvgIpc) is 2.94. The van der Waals surface area contributed by atoms with E-state index >= 15 is 4.39 Å². The maximum Gasteiger partial charge on any atom is 0.135 e. The van der Waals surface area contributed by atoms with Crippen molar-refractivity contribution >= 4 is 0 Å². The Labute approximate surface area is 161 Å². The van der Waals surface area contributed by atoms with Crippen LogP contribution < -0.4 is 0 Å². The van der Waals surface area contributed by atoms with E-state index in [1.54, 1.807) is 0 Å². The fourth-order valence-corrected chi connectivity index (χ4v) is 7.75. The van der Waals surface area contributed by atoms with Gasteiger partial charge in [0.15, 0.2) is 0 Å². The highest BCUT2D eigenvalue weighted by atomic mass is 19.1. The second kappa shape index (κ2) is 7.25. The molecule has 6 atom stereocenters. The summed E-state index contributed by atoms with van der Waals surface area (Å²) in [4.78, 5) is 0. The molecule has 0 aromatic heterocycles. The smallest absolute Gasteiger partial charge is 0.135 e. The van der Waals surface area contributed by atoms with Gasteiger partial charge in [-0.15, -0.1) is 0 Å². The van der Waals surface area contributed by atoms with Crippen LogP contribution in [0.2, 0.25) is 0 Å². The number of fused-ring (bicyclic) bond motifs is 5. The minimum atomic E-state index is -0.919. The molecular weight excluding hydrogens is 319 g/mol. The van der Waals surface area contributed by atoms with Gasteiger partial charge in [0.2, 0.25) is 0 Å². The molecule has 0 bridgehead atoms. The SMILES string of the molecule is CC(C)CCCCC1CCC2C3CC=C4CCCCC4(F)C3CCC12C. The summed E-state index contributed by atoms with van der Waals surface area (Å²) in [6, 6.07) is 0. The molecule has 0 amide bonds. The molecule has 0 aliphatic heterocycles. The second-order valence-electron chi connectivity index (χ2n) is 10.9. The largest absolute Gasteiger partial charge is 0.239 e. The summed E-state index contributed by atoms with van der Waals surface area (Å²) in [7, 11) is 0. The number of allylic oxidation sites excluding steroid dienone is 2. The molecule has 4 aliphatic rings. The van der Waals surface area contributed by atoms with Crippen molar-refractivity contribution in [3.8, 4) is 0 Å². The van der Waals surface area contributed by atoms with E-state index in [4.69, 9.17) is 0 Å². The van der Waals surface area contributed by atoms with Crippen molar-refractivity contribution in [2.75, 3.05) is 0 Å². The van der Waals surface area contributed by atoms with Crippen LogP contribution in [0.15, 0.2) is 11.6 Å². The molecule has 1 heteroatoms. The Morgan fingerprint density at radius 2 is 1.92 bits per heavy atom. The maximum absolute atomic E-state index is 16.1. The molecule has 0 radical (unpaired) electrons. The van der Waals surface area contributed by atoms with Gasteiger partial charge >= 0.3 is 0 Å². The predicted octanol–water partition coefficient (Wildman–Crippen LogP) is 7.87. The number of alkyl halides is 1. The number of rotatable bonds is 5. The van der Waals surface area contributed by atoms with Gasteiger partial charge in [0.05, 0.1) is 0 Å². The third kappa shape index (κ3) is 3.10. The Morgan fingerprint density at radius 1 is 1.08 bits per heavy atom. The zero-order valence-corrected chi connectivity index (χ0v) is 17.5. The van der Waals surface area contributed by atoms with Crippen LogP contribution in [0.3, 0.4) is 0 Å². The van der Waals surface area contributed by atoms with E-state index in [-0.39, 0.29) is 0 Å². The molecule has 3 fully saturated rings. The molecule has 0 aromatic rings. The van der Waals surface area contributed by atoms with Crippen LogP contribution in [0.4, 0.5) is 4.39 Å². The van der Waals surface area contributed by atoms with Crippen LogP contribution in [-0.2, 0) is 0 Å². The van der Waals surface area contributed by atoms with Gasteiger partial charge in [-0.05, 0) is 98.9 Å². The quantitative estimate of drug-likeness (QED) is 0.345. The lowest BCUT2D eigenvalue weighted by molar-refractivity contribution is -0.0616. The molecule has 0 spiro atoms. The van der Waals surface area contributed by atoms with E-state index in [0.29, 0.717) is 17.3 Å². The predicted molar refractivity (Wildman–Crippen MR) is 109 cm³/mol. The van der Waals surface area contributed by atoms with Crippen molar-refractivity contribution in [3.05, 3.63) is 11.6 Å². The molecule has 0 nitrogen and oxygen atoms in total. The Bertz CT molecular complexity index is 534. The first-order valence-corrected chi connectivity index (χ1v) is 11.8. The molecule has 3 saturated carbocycles. The van der Waals surface area contributed by atoms with Crippen LogP contribution in [0, 0.1) is 35.0 Å². The normalized spacial score (nSPS) is 45.0. The molecule has 148 valence electrons. The van der Waals surface area contributed by atoms with Crippen LogP contribution in [-0.4, -0.2) is 5.67 Å². The minimum Gasteiger partial charge on any atom is -0.239 e. The summed E-state index contributed by atoms with van der Waals surface area (Å²) in [6.07, 6.45) is 18.6. The van der Waals surface area contributed by atoms with Gasteiger partial charge in [0.1, 0.15) is 5.67 Å². The first-order chi connectivity index (χ1) is 12.4. The van der Waals surface area contributed by atoms with E-state index in [1.807, 2.05) is 0 Å². The van der Waals surface area contributed by atoms with E-state index in [2.05, 4.69) is 26.8 Å². The topological polar surface area (TPSA) is 0 Å². The first kappa shape index (κ1) is 19.0. The highest BCUT2D eigenvalue weighted by molar-refractivity contribution is 5.27. The molecule has 0 N–H and O–H groups in total. The lowest BCUT2D eigenvalue weighted by Gasteiger charge is -2.55. The Kier molecular flexibility index (Phi) is 5.30. The molecule has 0 heterocycles. The summed E-state index contributed by atoms with van der Waals surface area (Å²) >= 11 is 0. The summed E-state index contributed by atoms with van der Waals surface area (Å²) in [5.41, 5.74) is 0.796. The van der Waals surface area contributed by atoms with Gasteiger partial charge in [-0.3, -0.25) is 0 Å². The van der Waals surface area contributed by atoms with Crippen molar-refractivity contribution < 1.29 is 4.39 Å². The monoisotopic (exact) mass is 360 g/mol. The first-order valence-electron chi connectivity index (χ1n) is 11.8. The molecule has 0 saturated heterocycles. The third-order valence-electron chi connectivity index (χ3n) is 9.21. The number of hydrogen-bond acceptors (Lipinski definition) is 0. The summed E-state index contributed by atoms with van der Waals surface area (Å²) < 4.78 is 16.1. The van der Waals surface area contributed by atoms with Gasteiger partial charge in [-0.2, -0.15) is 0 Å². The van der Waals surface area contributed by atoms with Crippen LogP contribution in [0.25, 0.3) is 0 Å². The van der Waals surface area contributed by atoms with Crippen LogP contribution >= 0.6 is 0 Å². The third-order valence-corrected chi connectivity index (χ3v) is 9.21. The Morgan fingerprint density at radius 3 is 2.73 bits per heavy atom. The summed E-state index contributed by atoms with van der Waals surface area (Å²) in [6.45, 7) is 7.28. The maximum atomic E-state index is 16.1. The van der Waals surface area contributed by atoms with E-state index in [0.717, 1.165) is 43.4 Å². The van der Waals surface area contributed by atoms with Crippen molar-refractivity contribution in [3.63, 3.8) is 0 Å². The molecule has 4 rings (SSSR count). The summed E-state index contributed by atoms with van der Waals surface area (Å²) in [5.74, 6) is 3.54. The Balaban J connectivity index is 1.45. The van der Waals surface area contributed by atoms with Gasteiger partial charge in [0.25, 0.3) is 0 Å². The van der Waals surface area contributed by atoms with Crippen molar-refractivity contribution in [1.29, 1.82) is 0 Å². The zero-order chi connectivity index (χ0) is 18.4. The summed E-state index contributed by atoms with van der Waals surface area (Å²) in [5, 5.41) is 0. The van der Waals surface area contributed by atoms with Gasteiger partial charge in [-0.25, -0.2) is 4.39 Å². The minimum absolute atomic E-state index is 0.348. The average molecular weight is 361 g/mol. The fourth-order valence-electron chi connectivity index (χ4n) is 7.75. The lowest BCUT2D eigenvalue weighted by atomic mass is 9.51. The van der Waals surface area contributed by atoms with Crippen LogP contribution in [0.5, 0.6) is 0 Å². The molecule has 4 aliphatic carbocycles. The van der Waals surface area contributed by atoms with Crippen molar-refractivity contribution in [1.82, 2.24) is 0 Å². The van der Waals surface area contributed by atoms with Gasteiger partial charge in [-0.1, -0.05) is 46.1 Å². The molecular formula is C25H41F. The fraction of sp³-hybridized carbons (Fsp3) is 0.920. The standard InChI is InChI=1S/C25H41F/c1-18(2)8-4-5-9-19-12-14-22-21-13-11-20-10-6-7-16-25(20,26)23(21)15-17-24(19,22)3/h11,18-19,21-23H,4-10,12-17H2,1-3H3. The van der Waals surface area contributed by atoms with Crippen molar-refractivity contribution in [2.24, 2.45) is 35.0 Å². The second-order valence-corrected chi connectivity index (χ2v) is 10.9. The van der Waals surface area contributed by atoms with Gasteiger partial charge in [0, 0.05) is 5.92 Å². The highest BCUT2D eigenvalue weighted by Gasteiger charge is 2.59. The Hall–Kier alpha value is -0.330. The molecule has 6 unspecified atom stereocenters. The van der Waals surface area contributed by atoms with Crippen LogP contribution in [0.1, 0.15) is 104 Å². The molecule has 0 aromatic carbocycles. The zero-order valence-electron chi connectivity index (χ0n) is 17.5. The van der Waals surface area contributed by atoms with E-state index in [1.165, 1.54) is 63.4 Å². The van der Waals surface area contributed by atoms with E-state index < -0.39 is 5.67 Å². The lowest BCUT2D eigenvalue weighted by Crippen LogP contribution is -2.52. The highest BCUT2D eigenvalue weighted by Crippen LogP contribution is 2.65. The number of halogens is 1. The van der Waals surface area contributed by atoms with E-state index in [9.17, 15) is 0 Å². The number of hydrogen-bond donors (Lipinski definition) is 0. The van der Waals surface area contributed by atoms with Crippen molar-refractivity contribution in [2.45, 2.75) is 110 Å². The van der Waals surface area contributed by atoms with Gasteiger partial charge < -0.3 is 0 Å².